The second kappa shape index (κ2) is 5.10. The second-order valence-corrected chi connectivity index (χ2v) is 4.46. The van der Waals surface area contributed by atoms with E-state index in [9.17, 15) is 0 Å². The molecule has 0 aromatic heterocycles. The Balaban J connectivity index is 1.74. The van der Waals surface area contributed by atoms with E-state index in [2.05, 4.69) is 17.1 Å². The fraction of sp³-hybridized carbons (Fsp3) is 1.00. The molecule has 0 atom stereocenters. The summed E-state index contributed by atoms with van der Waals surface area (Å²) >= 11 is 0. The molecule has 2 heterocycles. The minimum atomic E-state index is 0.808. The topological polar surface area (TPSA) is 24.5 Å². The van der Waals surface area contributed by atoms with Crippen LogP contribution in [0.1, 0.15) is 19.8 Å². The first kappa shape index (κ1) is 10.4. The van der Waals surface area contributed by atoms with Gasteiger partial charge in [0.1, 0.15) is 0 Å². The Morgan fingerprint density at radius 3 is 2.50 bits per heavy atom. The molecular weight excluding hydrogens is 176 g/mol. The fourth-order valence-electron chi connectivity index (χ4n) is 2.33. The smallest absolute Gasteiger partial charge is 0.0469 e. The van der Waals surface area contributed by atoms with Crippen LogP contribution in [0.3, 0.4) is 0 Å². The van der Waals surface area contributed by atoms with E-state index >= 15 is 0 Å². The van der Waals surface area contributed by atoms with Crippen molar-refractivity contribution in [2.75, 3.05) is 39.4 Å². The zero-order chi connectivity index (χ0) is 9.80. The van der Waals surface area contributed by atoms with E-state index in [0.29, 0.717) is 0 Å². The highest BCUT2D eigenvalue weighted by Gasteiger charge is 2.26. The highest BCUT2D eigenvalue weighted by Crippen LogP contribution is 2.18. The number of ether oxygens (including phenoxy) is 1. The maximum absolute atomic E-state index is 5.38. The molecule has 2 fully saturated rings. The van der Waals surface area contributed by atoms with Crippen LogP contribution in [0.25, 0.3) is 0 Å². The summed E-state index contributed by atoms with van der Waals surface area (Å²) in [7, 11) is 0. The Morgan fingerprint density at radius 1 is 1.29 bits per heavy atom. The molecule has 0 unspecified atom stereocenters. The lowest BCUT2D eigenvalue weighted by Gasteiger charge is -2.40. The highest BCUT2D eigenvalue weighted by molar-refractivity contribution is 4.85. The van der Waals surface area contributed by atoms with Crippen LogP contribution in [0, 0.1) is 5.92 Å². The van der Waals surface area contributed by atoms with Crippen molar-refractivity contribution >= 4 is 0 Å². The van der Waals surface area contributed by atoms with E-state index in [-0.39, 0.29) is 0 Å². The second-order valence-electron chi connectivity index (χ2n) is 4.46. The molecule has 0 spiro atoms. The van der Waals surface area contributed by atoms with Crippen LogP contribution in [-0.2, 0) is 4.74 Å². The van der Waals surface area contributed by atoms with Gasteiger partial charge in [-0.25, -0.2) is 0 Å². The molecule has 2 saturated heterocycles. The predicted octanol–water partition coefficient (Wildman–Crippen LogP) is 0.707. The molecule has 0 amide bonds. The van der Waals surface area contributed by atoms with E-state index in [1.807, 2.05) is 0 Å². The lowest BCUT2D eigenvalue weighted by Crippen LogP contribution is -2.58. The average molecular weight is 198 g/mol. The molecule has 0 bridgehead atoms. The number of hydrogen-bond acceptors (Lipinski definition) is 3. The molecule has 2 rings (SSSR count). The first-order chi connectivity index (χ1) is 6.90. The average Bonchev–Trinajstić information content (AvgIpc) is 2.15. The zero-order valence-electron chi connectivity index (χ0n) is 9.17. The largest absolute Gasteiger partial charge is 0.381 e. The van der Waals surface area contributed by atoms with Crippen molar-refractivity contribution in [1.82, 2.24) is 10.2 Å². The summed E-state index contributed by atoms with van der Waals surface area (Å²) in [5, 5.41) is 3.35. The maximum Gasteiger partial charge on any atom is 0.0469 e. The number of nitrogens with zero attached hydrogens (tertiary/aromatic N) is 1. The van der Waals surface area contributed by atoms with Crippen LogP contribution >= 0.6 is 0 Å². The Labute approximate surface area is 86.8 Å². The standard InChI is InChI=1S/C11H22N2O/c1-2-13(11-7-12-8-11)9-10-3-5-14-6-4-10/h10-12H,2-9H2,1H3. The first-order valence-electron chi connectivity index (χ1n) is 5.92. The summed E-state index contributed by atoms with van der Waals surface area (Å²) in [5.41, 5.74) is 0. The molecule has 0 aromatic rings. The van der Waals surface area contributed by atoms with Crippen molar-refractivity contribution in [3.8, 4) is 0 Å². The third-order valence-electron chi connectivity index (χ3n) is 3.52. The number of likely N-dealkylation sites (N-methyl/N-ethyl adjacent to an activating group) is 1. The fourth-order valence-corrected chi connectivity index (χ4v) is 2.33. The van der Waals surface area contributed by atoms with Crippen LogP contribution in [0.4, 0.5) is 0 Å². The van der Waals surface area contributed by atoms with Crippen molar-refractivity contribution in [2.45, 2.75) is 25.8 Å². The van der Waals surface area contributed by atoms with E-state index in [1.165, 1.54) is 39.0 Å². The third-order valence-corrected chi connectivity index (χ3v) is 3.52. The monoisotopic (exact) mass is 198 g/mol. The molecule has 2 aliphatic heterocycles. The molecule has 0 saturated carbocycles. The van der Waals surface area contributed by atoms with E-state index < -0.39 is 0 Å². The van der Waals surface area contributed by atoms with Gasteiger partial charge in [-0.05, 0) is 25.3 Å². The zero-order valence-corrected chi connectivity index (χ0v) is 9.17. The molecule has 2 aliphatic rings. The third kappa shape index (κ3) is 2.47. The first-order valence-corrected chi connectivity index (χ1v) is 5.92. The van der Waals surface area contributed by atoms with Gasteiger partial charge in [-0.3, -0.25) is 4.90 Å². The van der Waals surface area contributed by atoms with E-state index in [1.54, 1.807) is 0 Å². The van der Waals surface area contributed by atoms with Crippen molar-refractivity contribution in [3.63, 3.8) is 0 Å². The number of hydrogen-bond donors (Lipinski definition) is 1. The molecule has 0 aromatic carbocycles. The minimum Gasteiger partial charge on any atom is -0.381 e. The van der Waals surface area contributed by atoms with Crippen molar-refractivity contribution in [2.24, 2.45) is 5.92 Å². The molecule has 1 N–H and O–H groups in total. The van der Waals surface area contributed by atoms with Gasteiger partial charge >= 0.3 is 0 Å². The summed E-state index contributed by atoms with van der Waals surface area (Å²) in [4.78, 5) is 2.63. The van der Waals surface area contributed by atoms with Gasteiger partial charge < -0.3 is 10.1 Å². The quantitative estimate of drug-likeness (QED) is 0.720. The molecular formula is C11H22N2O. The highest BCUT2D eigenvalue weighted by atomic mass is 16.5. The van der Waals surface area contributed by atoms with Crippen LogP contribution in [0.5, 0.6) is 0 Å². The molecule has 14 heavy (non-hydrogen) atoms. The summed E-state index contributed by atoms with van der Waals surface area (Å²) in [5.74, 6) is 0.879. The number of nitrogens with one attached hydrogen (secondary N) is 1. The Hall–Kier alpha value is -0.120. The summed E-state index contributed by atoms with van der Waals surface area (Å²) < 4.78 is 5.38. The van der Waals surface area contributed by atoms with E-state index in [4.69, 9.17) is 4.74 Å². The van der Waals surface area contributed by atoms with Gasteiger partial charge in [-0.1, -0.05) is 6.92 Å². The minimum absolute atomic E-state index is 0.808. The Kier molecular flexibility index (Phi) is 3.79. The van der Waals surface area contributed by atoms with Crippen LogP contribution in [0.15, 0.2) is 0 Å². The molecule has 0 aliphatic carbocycles. The summed E-state index contributed by atoms with van der Waals surface area (Å²) in [6, 6.07) is 0.808. The van der Waals surface area contributed by atoms with E-state index in [0.717, 1.165) is 25.2 Å². The lowest BCUT2D eigenvalue weighted by atomic mass is 9.98. The van der Waals surface area contributed by atoms with Crippen molar-refractivity contribution < 1.29 is 4.74 Å². The lowest BCUT2D eigenvalue weighted by molar-refractivity contribution is 0.0405. The Bertz CT molecular complexity index is 165. The molecule has 0 radical (unpaired) electrons. The van der Waals surface area contributed by atoms with Gasteiger partial charge in [0.25, 0.3) is 0 Å². The van der Waals surface area contributed by atoms with Gasteiger partial charge in [-0.15, -0.1) is 0 Å². The SMILES string of the molecule is CCN(CC1CCOCC1)C1CNC1. The van der Waals surface area contributed by atoms with Gasteiger partial charge in [0.2, 0.25) is 0 Å². The van der Waals surface area contributed by atoms with Crippen molar-refractivity contribution in [1.29, 1.82) is 0 Å². The van der Waals surface area contributed by atoms with Gasteiger partial charge in [0, 0.05) is 38.9 Å². The predicted molar refractivity (Wildman–Crippen MR) is 57.4 cm³/mol. The Morgan fingerprint density at radius 2 is 2.00 bits per heavy atom. The van der Waals surface area contributed by atoms with Gasteiger partial charge in [-0.2, -0.15) is 0 Å². The molecule has 82 valence electrons. The van der Waals surface area contributed by atoms with Crippen molar-refractivity contribution in [3.05, 3.63) is 0 Å². The normalized spacial score (nSPS) is 25.3. The number of rotatable bonds is 4. The van der Waals surface area contributed by atoms with Crippen LogP contribution in [0.2, 0.25) is 0 Å². The molecule has 3 nitrogen and oxygen atoms in total. The summed E-state index contributed by atoms with van der Waals surface area (Å²) in [6.45, 7) is 9.10. The van der Waals surface area contributed by atoms with Crippen LogP contribution < -0.4 is 5.32 Å². The van der Waals surface area contributed by atoms with Crippen LogP contribution in [-0.4, -0.2) is 50.3 Å². The maximum atomic E-state index is 5.38. The van der Waals surface area contributed by atoms with Gasteiger partial charge in [0.15, 0.2) is 0 Å². The summed E-state index contributed by atoms with van der Waals surface area (Å²) in [6.07, 6.45) is 2.52. The molecule has 3 heteroatoms. The van der Waals surface area contributed by atoms with Gasteiger partial charge in [0.05, 0.1) is 0 Å².